The van der Waals surface area contributed by atoms with Crippen molar-refractivity contribution in [3.05, 3.63) is 18.1 Å². The quantitative estimate of drug-likeness (QED) is 0.616. The van der Waals surface area contributed by atoms with Crippen LogP contribution in [0.2, 0.25) is 0 Å². The van der Waals surface area contributed by atoms with Crippen LogP contribution in [0.5, 0.6) is 5.88 Å². The Morgan fingerprint density at radius 3 is 3.09 bits per heavy atom. The maximum Gasteiger partial charge on any atom is 0.232 e. The molecule has 0 fully saturated rings. The predicted octanol–water partition coefficient (Wildman–Crippen LogP) is 0.551. The molecule has 0 saturated heterocycles. The Bertz CT molecular complexity index is 279. The third kappa shape index (κ3) is 1.90. The lowest BCUT2D eigenvalue weighted by Crippen LogP contribution is -1.93. The molecule has 0 atom stereocenters. The standard InChI is InChI=1S/C7H7N3O/c1-11-7-5-9-4-6(10-7)2-3-8/h4-5H,2H2,1H3. The van der Waals surface area contributed by atoms with Crippen molar-refractivity contribution in [2.24, 2.45) is 0 Å². The normalized spacial score (nSPS) is 8.73. The number of rotatable bonds is 2. The minimum atomic E-state index is 0.268. The van der Waals surface area contributed by atoms with Crippen molar-refractivity contribution in [1.29, 1.82) is 5.26 Å². The van der Waals surface area contributed by atoms with Crippen molar-refractivity contribution in [3.8, 4) is 11.9 Å². The van der Waals surface area contributed by atoms with Crippen LogP contribution < -0.4 is 4.74 Å². The van der Waals surface area contributed by atoms with E-state index in [1.807, 2.05) is 6.07 Å². The third-order valence-electron chi connectivity index (χ3n) is 1.13. The smallest absolute Gasteiger partial charge is 0.232 e. The molecule has 0 radical (unpaired) electrons. The van der Waals surface area contributed by atoms with Gasteiger partial charge in [-0.2, -0.15) is 5.26 Å². The van der Waals surface area contributed by atoms with Crippen LogP contribution in [0.15, 0.2) is 12.4 Å². The molecule has 0 aliphatic heterocycles. The molecule has 0 aliphatic carbocycles. The fourth-order valence-corrected chi connectivity index (χ4v) is 0.651. The Balaban J connectivity index is 2.84. The number of hydrogen-bond acceptors (Lipinski definition) is 4. The number of nitriles is 1. The second kappa shape index (κ2) is 3.52. The molecule has 1 aromatic rings. The lowest BCUT2D eigenvalue weighted by atomic mass is 10.3. The Morgan fingerprint density at radius 1 is 1.64 bits per heavy atom. The van der Waals surface area contributed by atoms with Gasteiger partial charge in [0.05, 0.1) is 31.5 Å². The van der Waals surface area contributed by atoms with E-state index in [4.69, 9.17) is 10.00 Å². The minimum Gasteiger partial charge on any atom is -0.480 e. The summed E-state index contributed by atoms with van der Waals surface area (Å²) in [5.74, 6) is 0.442. The summed E-state index contributed by atoms with van der Waals surface area (Å²) in [7, 11) is 1.51. The van der Waals surface area contributed by atoms with Crippen LogP contribution in [0.25, 0.3) is 0 Å². The van der Waals surface area contributed by atoms with E-state index in [1.54, 1.807) is 6.20 Å². The van der Waals surface area contributed by atoms with E-state index >= 15 is 0 Å². The first-order chi connectivity index (χ1) is 5.36. The molecule has 0 spiro atoms. The average molecular weight is 149 g/mol. The van der Waals surface area contributed by atoms with Gasteiger partial charge in [-0.15, -0.1) is 0 Å². The second-order valence-corrected chi connectivity index (χ2v) is 1.89. The molecule has 1 rings (SSSR count). The maximum atomic E-state index is 8.32. The summed E-state index contributed by atoms with van der Waals surface area (Å²) >= 11 is 0. The van der Waals surface area contributed by atoms with E-state index in [0.29, 0.717) is 11.6 Å². The Labute approximate surface area is 64.5 Å². The second-order valence-electron chi connectivity index (χ2n) is 1.89. The number of methoxy groups -OCH3 is 1. The topological polar surface area (TPSA) is 58.8 Å². The van der Waals surface area contributed by atoms with Gasteiger partial charge in [-0.25, -0.2) is 4.98 Å². The summed E-state index contributed by atoms with van der Waals surface area (Å²) in [5, 5.41) is 8.32. The molecule has 1 aromatic heterocycles. The summed E-state index contributed by atoms with van der Waals surface area (Å²) in [5.41, 5.74) is 0.631. The molecule has 4 heteroatoms. The Hall–Kier alpha value is -1.63. The van der Waals surface area contributed by atoms with Gasteiger partial charge in [-0.1, -0.05) is 0 Å². The molecule has 4 nitrogen and oxygen atoms in total. The fraction of sp³-hybridized carbons (Fsp3) is 0.286. The highest BCUT2D eigenvalue weighted by atomic mass is 16.5. The van der Waals surface area contributed by atoms with Crippen LogP contribution in [0.3, 0.4) is 0 Å². The third-order valence-corrected chi connectivity index (χ3v) is 1.13. The molecular formula is C7H7N3O. The van der Waals surface area contributed by atoms with E-state index in [0.717, 1.165) is 0 Å². The molecule has 0 saturated carbocycles. The van der Waals surface area contributed by atoms with Crippen molar-refractivity contribution in [3.63, 3.8) is 0 Å². The zero-order chi connectivity index (χ0) is 8.10. The molecule has 0 unspecified atom stereocenters. The van der Waals surface area contributed by atoms with E-state index in [9.17, 15) is 0 Å². The van der Waals surface area contributed by atoms with E-state index in [-0.39, 0.29) is 6.42 Å². The lowest BCUT2D eigenvalue weighted by Gasteiger charge is -1.97. The highest BCUT2D eigenvalue weighted by Crippen LogP contribution is 2.03. The molecule has 1 heterocycles. The molecule has 0 aromatic carbocycles. The van der Waals surface area contributed by atoms with Gasteiger partial charge in [-0.05, 0) is 0 Å². The number of ether oxygens (including phenoxy) is 1. The molecule has 0 amide bonds. The van der Waals surface area contributed by atoms with Crippen molar-refractivity contribution in [2.75, 3.05) is 7.11 Å². The largest absolute Gasteiger partial charge is 0.480 e. The number of aromatic nitrogens is 2. The summed E-state index contributed by atoms with van der Waals surface area (Å²) in [6, 6.07) is 1.98. The van der Waals surface area contributed by atoms with Crippen LogP contribution in [-0.4, -0.2) is 17.1 Å². The summed E-state index contributed by atoms with van der Waals surface area (Å²) in [6.07, 6.45) is 3.32. The maximum absolute atomic E-state index is 8.32. The minimum absolute atomic E-state index is 0.268. The van der Waals surface area contributed by atoms with E-state index < -0.39 is 0 Å². The van der Waals surface area contributed by atoms with Crippen LogP contribution in [0.4, 0.5) is 0 Å². The molecule has 56 valence electrons. The van der Waals surface area contributed by atoms with Gasteiger partial charge in [0.15, 0.2) is 0 Å². The van der Waals surface area contributed by atoms with Gasteiger partial charge < -0.3 is 4.74 Å². The summed E-state index contributed by atoms with van der Waals surface area (Å²) < 4.78 is 4.82. The van der Waals surface area contributed by atoms with Crippen LogP contribution in [0, 0.1) is 11.3 Å². The van der Waals surface area contributed by atoms with Gasteiger partial charge in [0.2, 0.25) is 5.88 Å². The molecule has 0 aliphatic rings. The predicted molar refractivity (Wildman–Crippen MR) is 37.9 cm³/mol. The molecule has 0 bridgehead atoms. The molecule has 11 heavy (non-hydrogen) atoms. The Morgan fingerprint density at radius 2 is 2.45 bits per heavy atom. The summed E-state index contributed by atoms with van der Waals surface area (Å²) in [4.78, 5) is 7.81. The van der Waals surface area contributed by atoms with Gasteiger partial charge in [-0.3, -0.25) is 4.98 Å². The first kappa shape index (κ1) is 7.48. The van der Waals surface area contributed by atoms with Crippen molar-refractivity contribution < 1.29 is 4.74 Å². The van der Waals surface area contributed by atoms with Gasteiger partial charge in [0, 0.05) is 6.20 Å². The van der Waals surface area contributed by atoms with Gasteiger partial charge in [0.25, 0.3) is 0 Å². The highest BCUT2D eigenvalue weighted by Gasteiger charge is 1.95. The Kier molecular flexibility index (Phi) is 2.39. The number of hydrogen-bond donors (Lipinski definition) is 0. The van der Waals surface area contributed by atoms with E-state index in [1.165, 1.54) is 13.3 Å². The number of nitrogens with zero attached hydrogens (tertiary/aromatic N) is 3. The van der Waals surface area contributed by atoms with Crippen molar-refractivity contribution >= 4 is 0 Å². The lowest BCUT2D eigenvalue weighted by molar-refractivity contribution is 0.394. The molecule has 0 N–H and O–H groups in total. The average Bonchev–Trinajstić information content (AvgIpc) is 2.06. The van der Waals surface area contributed by atoms with Gasteiger partial charge >= 0.3 is 0 Å². The van der Waals surface area contributed by atoms with Crippen LogP contribution in [0.1, 0.15) is 5.69 Å². The first-order valence-electron chi connectivity index (χ1n) is 3.08. The fourth-order valence-electron chi connectivity index (χ4n) is 0.651. The van der Waals surface area contributed by atoms with Gasteiger partial charge in [0.1, 0.15) is 0 Å². The SMILES string of the molecule is COc1cncc(CC#N)n1. The van der Waals surface area contributed by atoms with E-state index in [2.05, 4.69) is 9.97 Å². The van der Waals surface area contributed by atoms with Crippen molar-refractivity contribution in [1.82, 2.24) is 9.97 Å². The van der Waals surface area contributed by atoms with Crippen molar-refractivity contribution in [2.45, 2.75) is 6.42 Å². The monoisotopic (exact) mass is 149 g/mol. The molecular weight excluding hydrogens is 142 g/mol. The first-order valence-corrected chi connectivity index (χ1v) is 3.08. The highest BCUT2D eigenvalue weighted by molar-refractivity contribution is 5.10. The zero-order valence-electron chi connectivity index (χ0n) is 6.11. The summed E-state index contributed by atoms with van der Waals surface area (Å²) in [6.45, 7) is 0. The zero-order valence-corrected chi connectivity index (χ0v) is 6.11. The van der Waals surface area contributed by atoms with Crippen LogP contribution in [-0.2, 0) is 6.42 Å². The van der Waals surface area contributed by atoms with Crippen LogP contribution >= 0.6 is 0 Å².